The van der Waals surface area contributed by atoms with Gasteiger partial charge >= 0.3 is 7.60 Å². The van der Waals surface area contributed by atoms with E-state index in [0.29, 0.717) is 17.1 Å². The van der Waals surface area contributed by atoms with Gasteiger partial charge in [-0.2, -0.15) is 0 Å². The lowest BCUT2D eigenvalue weighted by atomic mass is 10.1. The number of fused-ring (bicyclic) bond motifs is 1. The number of pyridine rings is 1. The van der Waals surface area contributed by atoms with Crippen LogP contribution in [0.3, 0.4) is 0 Å². The van der Waals surface area contributed by atoms with Crippen molar-refractivity contribution in [2.45, 2.75) is 38.9 Å². The quantitative estimate of drug-likeness (QED) is 0.646. The van der Waals surface area contributed by atoms with Crippen LogP contribution >= 0.6 is 7.60 Å². The molecular weight excluding hydrogens is 395 g/mol. The van der Waals surface area contributed by atoms with Gasteiger partial charge in [0.25, 0.3) is 0 Å². The zero-order valence-electron chi connectivity index (χ0n) is 17.5. The topological polar surface area (TPSA) is 88.1 Å². The number of aromatic nitrogens is 1. The van der Waals surface area contributed by atoms with Gasteiger partial charge in [0.15, 0.2) is 5.78 Å². The fourth-order valence-corrected chi connectivity index (χ4v) is 4.59. The van der Waals surface area contributed by atoms with Crippen molar-refractivity contribution in [3.63, 3.8) is 0 Å². The van der Waals surface area contributed by atoms with Crippen molar-refractivity contribution in [3.8, 4) is 11.5 Å². The Bertz CT molecular complexity index is 908. The molecule has 0 bridgehead atoms. The van der Waals surface area contributed by atoms with Crippen molar-refractivity contribution >= 4 is 13.3 Å². The number of aryl methyl sites for hydroxylation is 1. The molecule has 0 saturated carbocycles. The van der Waals surface area contributed by atoms with Crippen LogP contribution in [0.15, 0.2) is 30.5 Å². The minimum absolute atomic E-state index is 0.287. The number of ether oxygens (including phenoxy) is 3. The number of methoxy groups -OCH3 is 1. The molecule has 1 atom stereocenters. The van der Waals surface area contributed by atoms with Crippen molar-refractivity contribution < 1.29 is 27.8 Å². The summed E-state index contributed by atoms with van der Waals surface area (Å²) in [6.07, 6.45) is 1.66. The summed E-state index contributed by atoms with van der Waals surface area (Å²) < 4.78 is 41.1. The van der Waals surface area contributed by atoms with Gasteiger partial charge in [-0.3, -0.25) is 9.55 Å². The Morgan fingerprint density at radius 3 is 2.41 bits per heavy atom. The van der Waals surface area contributed by atoms with Gasteiger partial charge in [-0.25, -0.2) is 0 Å². The van der Waals surface area contributed by atoms with E-state index in [4.69, 9.17) is 23.3 Å². The lowest BCUT2D eigenvalue weighted by Crippen LogP contribution is -2.36. The Balaban J connectivity index is 2.08. The number of anilines is 1. The minimum atomic E-state index is -3.58. The fourth-order valence-electron chi connectivity index (χ4n) is 3.15. The number of nitrogens with one attached hydrogen (secondary N) is 1. The van der Waals surface area contributed by atoms with Gasteiger partial charge in [0.2, 0.25) is 5.79 Å². The minimum Gasteiger partial charge on any atom is -0.497 e. The standard InChI is InChI=1S/C20H27N2O6P/c1-13-18-17(12-27-20(2,3)28-18)16(11-21-13)19(29(23,25-5)26-6)22-14-7-9-15(24-4)10-8-14/h7-11,19,22H,12H2,1-6H3. The van der Waals surface area contributed by atoms with Gasteiger partial charge in [-0.1, -0.05) is 0 Å². The predicted octanol–water partition coefficient (Wildman–Crippen LogP) is 4.64. The smallest absolute Gasteiger partial charge is 0.356 e. The average Bonchev–Trinajstić information content (AvgIpc) is 2.72. The molecule has 0 amide bonds. The van der Waals surface area contributed by atoms with E-state index in [0.717, 1.165) is 16.9 Å². The summed E-state index contributed by atoms with van der Waals surface area (Å²) in [7, 11) is 0.730. The molecule has 0 saturated heterocycles. The summed E-state index contributed by atoms with van der Waals surface area (Å²) in [4.78, 5) is 4.46. The Hall–Kier alpha value is -2.12. The van der Waals surface area contributed by atoms with Crippen molar-refractivity contribution in [1.82, 2.24) is 4.98 Å². The van der Waals surface area contributed by atoms with E-state index in [-0.39, 0.29) is 6.61 Å². The van der Waals surface area contributed by atoms with Gasteiger partial charge in [-0.05, 0) is 31.2 Å². The average molecular weight is 422 g/mol. The van der Waals surface area contributed by atoms with E-state index >= 15 is 0 Å². The second kappa shape index (κ2) is 8.32. The lowest BCUT2D eigenvalue weighted by molar-refractivity contribution is -0.180. The fraction of sp³-hybridized carbons (Fsp3) is 0.450. The Labute approximate surface area is 171 Å². The van der Waals surface area contributed by atoms with E-state index < -0.39 is 19.2 Å². The van der Waals surface area contributed by atoms with Crippen molar-refractivity contribution in [3.05, 3.63) is 47.3 Å². The summed E-state index contributed by atoms with van der Waals surface area (Å²) in [5.74, 6) is -0.254. The van der Waals surface area contributed by atoms with Crippen molar-refractivity contribution in [2.24, 2.45) is 0 Å². The molecule has 0 spiro atoms. The molecule has 158 valence electrons. The molecule has 1 unspecified atom stereocenters. The third-order valence-electron chi connectivity index (χ3n) is 4.77. The molecule has 8 nitrogen and oxygen atoms in total. The molecule has 1 aliphatic heterocycles. The molecule has 0 radical (unpaired) electrons. The summed E-state index contributed by atoms with van der Waals surface area (Å²) in [6, 6.07) is 7.26. The molecular formula is C20H27N2O6P. The molecule has 1 N–H and O–H groups in total. The van der Waals surface area contributed by atoms with Crippen LogP contribution in [-0.2, 0) is 25.0 Å². The molecule has 29 heavy (non-hydrogen) atoms. The Kier molecular flexibility index (Phi) is 6.19. The van der Waals surface area contributed by atoms with Crippen molar-refractivity contribution in [1.29, 1.82) is 0 Å². The van der Waals surface area contributed by atoms with Crippen LogP contribution in [0.25, 0.3) is 0 Å². The lowest BCUT2D eigenvalue weighted by Gasteiger charge is -2.36. The van der Waals surface area contributed by atoms with E-state index in [9.17, 15) is 4.57 Å². The van der Waals surface area contributed by atoms with Gasteiger partial charge < -0.3 is 28.6 Å². The summed E-state index contributed by atoms with van der Waals surface area (Å²) in [5, 5.41) is 3.26. The number of rotatable bonds is 7. The maximum atomic E-state index is 13.4. The maximum Gasteiger partial charge on any atom is 0.356 e. The van der Waals surface area contributed by atoms with E-state index in [1.807, 2.05) is 45.0 Å². The van der Waals surface area contributed by atoms with Gasteiger partial charge in [0.1, 0.15) is 11.5 Å². The zero-order chi connectivity index (χ0) is 21.2. The first-order valence-corrected chi connectivity index (χ1v) is 10.8. The molecule has 0 aliphatic carbocycles. The van der Waals surface area contributed by atoms with Gasteiger partial charge in [0.05, 0.1) is 19.4 Å². The number of benzene rings is 1. The number of hydrogen-bond donors (Lipinski definition) is 1. The van der Waals surface area contributed by atoms with Crippen LogP contribution in [0.2, 0.25) is 0 Å². The maximum absolute atomic E-state index is 13.4. The highest BCUT2D eigenvalue weighted by Gasteiger charge is 2.40. The molecule has 1 aromatic carbocycles. The first kappa shape index (κ1) is 21.6. The van der Waals surface area contributed by atoms with Crippen molar-refractivity contribution in [2.75, 3.05) is 26.6 Å². The van der Waals surface area contributed by atoms with Gasteiger partial charge in [0, 0.05) is 51.1 Å². The summed E-state index contributed by atoms with van der Waals surface area (Å²) in [5.41, 5.74) is 2.84. The van der Waals surface area contributed by atoms with E-state index in [1.54, 1.807) is 13.3 Å². The molecule has 2 heterocycles. The molecule has 1 aliphatic rings. The third-order valence-corrected chi connectivity index (χ3v) is 6.83. The molecule has 3 rings (SSSR count). The van der Waals surface area contributed by atoms with Crippen LogP contribution in [0.5, 0.6) is 11.5 Å². The Morgan fingerprint density at radius 1 is 1.17 bits per heavy atom. The summed E-state index contributed by atoms with van der Waals surface area (Å²) in [6.45, 7) is 5.83. The van der Waals surface area contributed by atoms with Crippen LogP contribution in [-0.4, -0.2) is 32.1 Å². The monoisotopic (exact) mass is 422 g/mol. The first-order valence-electron chi connectivity index (χ1n) is 9.16. The molecule has 1 aromatic heterocycles. The zero-order valence-corrected chi connectivity index (χ0v) is 18.4. The third kappa shape index (κ3) is 4.41. The molecule has 9 heteroatoms. The van der Waals surface area contributed by atoms with Crippen LogP contribution in [0.1, 0.15) is 36.5 Å². The van der Waals surface area contributed by atoms with Crippen LogP contribution in [0.4, 0.5) is 5.69 Å². The SMILES string of the molecule is COc1ccc(NC(c2cnc(C)c3c2COC(C)(C)O3)P(=O)(OC)OC)cc1. The first-order chi connectivity index (χ1) is 13.7. The molecule has 2 aromatic rings. The second-order valence-electron chi connectivity index (χ2n) is 7.08. The van der Waals surface area contributed by atoms with Crippen LogP contribution in [0, 0.1) is 6.92 Å². The second-order valence-corrected chi connectivity index (χ2v) is 9.40. The number of nitrogens with zero attached hydrogens (tertiary/aromatic N) is 1. The molecule has 0 fully saturated rings. The van der Waals surface area contributed by atoms with Gasteiger partial charge in [-0.15, -0.1) is 0 Å². The highest BCUT2D eigenvalue weighted by molar-refractivity contribution is 7.54. The number of hydrogen-bond acceptors (Lipinski definition) is 8. The normalized spacial score (nSPS) is 16.5. The summed E-state index contributed by atoms with van der Waals surface area (Å²) >= 11 is 0. The highest BCUT2D eigenvalue weighted by atomic mass is 31.2. The Morgan fingerprint density at radius 2 is 1.83 bits per heavy atom. The largest absolute Gasteiger partial charge is 0.497 e. The van der Waals surface area contributed by atoms with E-state index in [1.165, 1.54) is 14.2 Å². The predicted molar refractivity (Wildman–Crippen MR) is 109 cm³/mol. The highest BCUT2D eigenvalue weighted by Crippen LogP contribution is 2.61. The van der Waals surface area contributed by atoms with E-state index in [2.05, 4.69) is 10.3 Å². The van der Waals surface area contributed by atoms with Crippen LogP contribution < -0.4 is 14.8 Å².